The molecular weight excluding hydrogens is 474 g/mol. The highest BCUT2D eigenvalue weighted by Crippen LogP contribution is 2.32. The van der Waals surface area contributed by atoms with E-state index in [0.29, 0.717) is 28.8 Å². The number of carbonyl (C=O) groups excluding carboxylic acids is 3. The summed E-state index contributed by atoms with van der Waals surface area (Å²) in [6, 6.07) is 10.7. The van der Waals surface area contributed by atoms with E-state index in [1.165, 1.54) is 11.3 Å². The number of hydrogen-bond donors (Lipinski definition) is 1. The summed E-state index contributed by atoms with van der Waals surface area (Å²) in [6.45, 7) is 7.22. The van der Waals surface area contributed by atoms with E-state index < -0.39 is 0 Å². The van der Waals surface area contributed by atoms with Gasteiger partial charge >= 0.3 is 6.03 Å². The first kappa shape index (κ1) is 24.5. The van der Waals surface area contributed by atoms with Crippen LogP contribution < -0.4 is 15.1 Å². The van der Waals surface area contributed by atoms with E-state index >= 15 is 0 Å². The van der Waals surface area contributed by atoms with Crippen LogP contribution in [0.3, 0.4) is 0 Å². The van der Waals surface area contributed by atoms with Crippen molar-refractivity contribution >= 4 is 52.2 Å². The number of carbonyl (C=O) groups is 3. The standard InChI is InChI=1S/C24H30ClN5O3S/c1-4-28(5-2)15-22(31)27(3)16-6-8-17(9-7-16)30-14-19-18(12-13-29(19)24(30)33)26-23(32)20-10-11-21(25)34-20/h6-11,18-19H,4-5,12-15H2,1-3H3,(H,26,32)/t18-,19-/m1/s1. The maximum atomic E-state index is 13.1. The molecular formula is C24H30ClN5O3S. The first-order valence-corrected chi connectivity index (χ1v) is 12.7. The van der Waals surface area contributed by atoms with Crippen molar-refractivity contribution in [1.29, 1.82) is 0 Å². The number of likely N-dealkylation sites (N-methyl/N-ethyl adjacent to an activating group) is 2. The summed E-state index contributed by atoms with van der Waals surface area (Å²) < 4.78 is 0.573. The van der Waals surface area contributed by atoms with Gasteiger partial charge in [0.2, 0.25) is 5.91 Å². The molecule has 1 N–H and O–H groups in total. The minimum atomic E-state index is -0.156. The van der Waals surface area contributed by atoms with Crippen molar-refractivity contribution in [1.82, 2.24) is 15.1 Å². The van der Waals surface area contributed by atoms with Crippen LogP contribution in [-0.4, -0.2) is 79.5 Å². The van der Waals surface area contributed by atoms with Crippen molar-refractivity contribution in [3.05, 3.63) is 45.6 Å². The Labute approximate surface area is 209 Å². The first-order valence-electron chi connectivity index (χ1n) is 11.6. The average molecular weight is 504 g/mol. The van der Waals surface area contributed by atoms with Gasteiger partial charge < -0.3 is 15.1 Å². The van der Waals surface area contributed by atoms with Crippen LogP contribution in [0.15, 0.2) is 36.4 Å². The Morgan fingerprint density at radius 1 is 1.15 bits per heavy atom. The Hall–Kier alpha value is -2.62. The minimum Gasteiger partial charge on any atom is -0.346 e. The number of halogens is 1. The summed E-state index contributed by atoms with van der Waals surface area (Å²) in [5, 5.41) is 3.08. The van der Waals surface area contributed by atoms with Gasteiger partial charge in [-0.2, -0.15) is 0 Å². The monoisotopic (exact) mass is 503 g/mol. The third kappa shape index (κ3) is 4.92. The first-order chi connectivity index (χ1) is 16.3. The summed E-state index contributed by atoms with van der Waals surface area (Å²) in [5.41, 5.74) is 1.57. The molecule has 3 heterocycles. The smallest absolute Gasteiger partial charge is 0.324 e. The van der Waals surface area contributed by atoms with E-state index in [1.54, 1.807) is 29.0 Å². The quantitative estimate of drug-likeness (QED) is 0.598. The fraction of sp³-hybridized carbons (Fsp3) is 0.458. The lowest BCUT2D eigenvalue weighted by Crippen LogP contribution is -2.44. The van der Waals surface area contributed by atoms with Gasteiger partial charge in [-0.3, -0.25) is 19.4 Å². The van der Waals surface area contributed by atoms with E-state index in [9.17, 15) is 14.4 Å². The van der Waals surface area contributed by atoms with Crippen LogP contribution in [0.1, 0.15) is 29.9 Å². The molecule has 10 heteroatoms. The van der Waals surface area contributed by atoms with Crippen LogP contribution in [0.5, 0.6) is 0 Å². The van der Waals surface area contributed by atoms with Gasteiger partial charge in [0.1, 0.15) is 0 Å². The zero-order chi connectivity index (χ0) is 24.4. The van der Waals surface area contributed by atoms with Crippen molar-refractivity contribution in [2.45, 2.75) is 32.4 Å². The third-order valence-corrected chi connectivity index (χ3v) is 7.91. The van der Waals surface area contributed by atoms with Gasteiger partial charge in [-0.25, -0.2) is 4.79 Å². The van der Waals surface area contributed by atoms with Gasteiger partial charge in [0, 0.05) is 25.0 Å². The van der Waals surface area contributed by atoms with Crippen LogP contribution in [0.4, 0.5) is 16.2 Å². The van der Waals surface area contributed by atoms with Crippen LogP contribution in [0.2, 0.25) is 4.34 Å². The average Bonchev–Trinajstić information content (AvgIpc) is 3.54. The molecule has 2 aliphatic heterocycles. The van der Waals surface area contributed by atoms with E-state index in [0.717, 1.165) is 30.9 Å². The number of amides is 4. The molecule has 0 aliphatic carbocycles. The van der Waals surface area contributed by atoms with Crippen molar-refractivity contribution in [2.24, 2.45) is 0 Å². The second-order valence-electron chi connectivity index (χ2n) is 8.56. The Morgan fingerprint density at radius 3 is 2.47 bits per heavy atom. The lowest BCUT2D eigenvalue weighted by molar-refractivity contribution is -0.119. The second-order valence-corrected chi connectivity index (χ2v) is 10.3. The highest BCUT2D eigenvalue weighted by Gasteiger charge is 2.46. The minimum absolute atomic E-state index is 0.0277. The number of rotatable bonds is 8. The van der Waals surface area contributed by atoms with E-state index in [2.05, 4.69) is 10.2 Å². The Balaban J connectivity index is 1.40. The van der Waals surface area contributed by atoms with Crippen molar-refractivity contribution < 1.29 is 14.4 Å². The van der Waals surface area contributed by atoms with Crippen molar-refractivity contribution in [2.75, 3.05) is 49.6 Å². The predicted octanol–water partition coefficient (Wildman–Crippen LogP) is 3.52. The van der Waals surface area contributed by atoms with Gasteiger partial charge in [0.05, 0.1) is 34.4 Å². The molecule has 0 spiro atoms. The molecule has 0 radical (unpaired) electrons. The number of urea groups is 1. The predicted molar refractivity (Wildman–Crippen MR) is 136 cm³/mol. The van der Waals surface area contributed by atoms with Crippen LogP contribution in [0.25, 0.3) is 0 Å². The number of benzene rings is 1. The molecule has 1 aromatic heterocycles. The molecule has 2 aliphatic rings. The van der Waals surface area contributed by atoms with Crippen LogP contribution in [-0.2, 0) is 4.79 Å². The lowest BCUT2D eigenvalue weighted by Gasteiger charge is -2.24. The molecule has 2 saturated heterocycles. The molecule has 1 aromatic carbocycles. The van der Waals surface area contributed by atoms with E-state index in [1.807, 2.05) is 43.0 Å². The highest BCUT2D eigenvalue weighted by atomic mass is 35.5. The summed E-state index contributed by atoms with van der Waals surface area (Å²) in [5.74, 6) is -0.128. The number of thiophene rings is 1. The fourth-order valence-electron chi connectivity index (χ4n) is 4.54. The molecule has 182 valence electrons. The van der Waals surface area contributed by atoms with E-state index in [4.69, 9.17) is 11.6 Å². The third-order valence-electron chi connectivity index (χ3n) is 6.68. The van der Waals surface area contributed by atoms with Gasteiger partial charge in [-0.05, 0) is 55.9 Å². The summed E-state index contributed by atoms with van der Waals surface area (Å²) in [6.07, 6.45) is 0.730. The molecule has 0 unspecified atom stereocenters. The summed E-state index contributed by atoms with van der Waals surface area (Å²) in [4.78, 5) is 46.1. The molecule has 0 bridgehead atoms. The maximum Gasteiger partial charge on any atom is 0.324 e. The Kier molecular flexibility index (Phi) is 7.45. The number of anilines is 2. The summed E-state index contributed by atoms with van der Waals surface area (Å²) >= 11 is 7.20. The maximum absolute atomic E-state index is 13.1. The lowest BCUT2D eigenvalue weighted by atomic mass is 10.1. The molecule has 0 saturated carbocycles. The molecule has 34 heavy (non-hydrogen) atoms. The number of fused-ring (bicyclic) bond motifs is 1. The Morgan fingerprint density at radius 2 is 1.85 bits per heavy atom. The normalized spacial score (nSPS) is 19.6. The molecule has 2 fully saturated rings. The molecule has 8 nitrogen and oxygen atoms in total. The van der Waals surface area contributed by atoms with Gasteiger partial charge in [-0.1, -0.05) is 25.4 Å². The highest BCUT2D eigenvalue weighted by molar-refractivity contribution is 7.18. The van der Waals surface area contributed by atoms with Gasteiger partial charge in [0.25, 0.3) is 5.91 Å². The zero-order valence-electron chi connectivity index (χ0n) is 19.7. The van der Waals surface area contributed by atoms with Crippen LogP contribution in [0, 0.1) is 0 Å². The largest absolute Gasteiger partial charge is 0.346 e. The van der Waals surface area contributed by atoms with Crippen molar-refractivity contribution in [3.8, 4) is 0 Å². The fourth-order valence-corrected chi connectivity index (χ4v) is 5.49. The van der Waals surface area contributed by atoms with Gasteiger partial charge in [-0.15, -0.1) is 11.3 Å². The van der Waals surface area contributed by atoms with Gasteiger partial charge in [0.15, 0.2) is 0 Å². The number of hydrogen-bond acceptors (Lipinski definition) is 5. The molecule has 2 aromatic rings. The topological polar surface area (TPSA) is 76.2 Å². The van der Waals surface area contributed by atoms with Crippen LogP contribution >= 0.6 is 22.9 Å². The molecule has 4 amide bonds. The second kappa shape index (κ2) is 10.3. The molecule has 4 rings (SSSR count). The molecule has 2 atom stereocenters. The summed E-state index contributed by atoms with van der Waals surface area (Å²) in [7, 11) is 1.77. The Bertz CT molecular complexity index is 1060. The number of nitrogens with one attached hydrogen (secondary N) is 1. The van der Waals surface area contributed by atoms with E-state index in [-0.39, 0.29) is 29.9 Å². The van der Waals surface area contributed by atoms with Crippen molar-refractivity contribution in [3.63, 3.8) is 0 Å². The SMILES string of the molecule is CCN(CC)CC(=O)N(C)c1ccc(N2C[C@@H]3[C@H](NC(=O)c4ccc(Cl)s4)CCN3C2=O)cc1. The zero-order valence-corrected chi connectivity index (χ0v) is 21.2. The number of nitrogens with zero attached hydrogens (tertiary/aromatic N) is 4.